The third-order valence-corrected chi connectivity index (χ3v) is 7.61. The number of carbonyl (C=O) groups is 1. The van der Waals surface area contributed by atoms with Crippen molar-refractivity contribution in [3.63, 3.8) is 0 Å². The molecule has 1 N–H and O–H groups in total. The maximum absolute atomic E-state index is 13.0. The van der Waals surface area contributed by atoms with Crippen LogP contribution in [0.5, 0.6) is 0 Å². The molecule has 2 aromatic carbocycles. The molecular formula is C23H31N3O3S. The highest BCUT2D eigenvalue weighted by atomic mass is 32.2. The van der Waals surface area contributed by atoms with Gasteiger partial charge in [-0.3, -0.25) is 0 Å². The molecule has 1 fully saturated rings. The number of piperazine rings is 1. The number of hydrogen-bond acceptors (Lipinski definition) is 3. The van der Waals surface area contributed by atoms with Crippen LogP contribution in [0.2, 0.25) is 0 Å². The number of carbonyl (C=O) groups excluding carboxylic acids is 1. The van der Waals surface area contributed by atoms with Gasteiger partial charge in [0.2, 0.25) is 10.0 Å². The zero-order valence-electron chi connectivity index (χ0n) is 18.0. The summed E-state index contributed by atoms with van der Waals surface area (Å²) in [5, 5.41) is 3.04. The molecule has 2 aromatic rings. The van der Waals surface area contributed by atoms with E-state index in [9.17, 15) is 13.2 Å². The largest absolute Gasteiger partial charge is 0.336 e. The Morgan fingerprint density at radius 1 is 1.03 bits per heavy atom. The molecule has 0 spiro atoms. The topological polar surface area (TPSA) is 69.7 Å². The fraction of sp³-hybridized carbons (Fsp3) is 0.435. The van der Waals surface area contributed by atoms with Gasteiger partial charge in [0.05, 0.1) is 4.90 Å². The van der Waals surface area contributed by atoms with Crippen molar-refractivity contribution in [3.05, 3.63) is 65.2 Å². The number of sulfonamides is 1. The van der Waals surface area contributed by atoms with Crippen LogP contribution in [-0.4, -0.2) is 55.9 Å². The molecule has 7 heteroatoms. The summed E-state index contributed by atoms with van der Waals surface area (Å²) < 4.78 is 27.5. The maximum Gasteiger partial charge on any atom is 0.317 e. The minimum Gasteiger partial charge on any atom is -0.336 e. The Hall–Kier alpha value is -2.38. The Bertz CT molecular complexity index is 968. The number of rotatable bonds is 6. The monoisotopic (exact) mass is 429 g/mol. The SMILES string of the molecule is Cc1ccc(S(=O)(=O)N2CCN(C(=O)N[C@@H](C)CCc3ccccc3)CC2)c(C)c1. The van der Waals surface area contributed by atoms with E-state index in [2.05, 4.69) is 17.4 Å². The van der Waals surface area contributed by atoms with E-state index in [4.69, 9.17) is 0 Å². The first kappa shape index (κ1) is 22.3. The standard InChI is InChI=1S/C23H31N3O3S/c1-18-9-12-22(19(2)17-18)30(28,29)26-15-13-25(14-16-26)23(27)24-20(3)10-11-21-7-5-4-6-8-21/h4-9,12,17,20H,10-11,13-16H2,1-3H3,(H,24,27)/t20-/m0/s1. The van der Waals surface area contributed by atoms with Crippen molar-refractivity contribution >= 4 is 16.1 Å². The minimum absolute atomic E-state index is 0.0506. The van der Waals surface area contributed by atoms with Crippen LogP contribution in [0.3, 0.4) is 0 Å². The Balaban J connectivity index is 1.51. The zero-order chi connectivity index (χ0) is 21.7. The predicted molar refractivity (Wildman–Crippen MR) is 119 cm³/mol. The van der Waals surface area contributed by atoms with E-state index in [1.165, 1.54) is 9.87 Å². The average Bonchev–Trinajstić information content (AvgIpc) is 2.73. The second kappa shape index (κ2) is 9.62. The van der Waals surface area contributed by atoms with Gasteiger partial charge in [-0.15, -0.1) is 0 Å². The highest BCUT2D eigenvalue weighted by Gasteiger charge is 2.31. The number of nitrogens with one attached hydrogen (secondary N) is 1. The number of nitrogens with zero attached hydrogens (tertiary/aromatic N) is 2. The molecular weight excluding hydrogens is 398 g/mol. The highest BCUT2D eigenvalue weighted by Crippen LogP contribution is 2.22. The second-order valence-corrected chi connectivity index (χ2v) is 9.94. The molecule has 2 amide bonds. The van der Waals surface area contributed by atoms with Crippen molar-refractivity contribution < 1.29 is 13.2 Å². The molecule has 0 aromatic heterocycles. The summed E-state index contributed by atoms with van der Waals surface area (Å²) in [5.41, 5.74) is 3.04. The van der Waals surface area contributed by atoms with Crippen LogP contribution in [0, 0.1) is 13.8 Å². The Labute approximate surface area is 179 Å². The first-order valence-corrected chi connectivity index (χ1v) is 11.9. The summed E-state index contributed by atoms with van der Waals surface area (Å²) in [6.45, 7) is 7.16. The lowest BCUT2D eigenvalue weighted by Gasteiger charge is -2.34. The average molecular weight is 430 g/mol. The Kier molecular flexibility index (Phi) is 7.15. The van der Waals surface area contributed by atoms with E-state index in [-0.39, 0.29) is 12.1 Å². The minimum atomic E-state index is -3.55. The molecule has 1 atom stereocenters. The quantitative estimate of drug-likeness (QED) is 0.766. The van der Waals surface area contributed by atoms with Crippen molar-refractivity contribution in [2.45, 2.75) is 44.6 Å². The zero-order valence-corrected chi connectivity index (χ0v) is 18.8. The van der Waals surface area contributed by atoms with Gasteiger partial charge in [0, 0.05) is 32.2 Å². The third kappa shape index (κ3) is 5.40. The van der Waals surface area contributed by atoms with Crippen LogP contribution >= 0.6 is 0 Å². The van der Waals surface area contributed by atoms with E-state index in [0.717, 1.165) is 24.0 Å². The van der Waals surface area contributed by atoms with Crippen molar-refractivity contribution in [2.75, 3.05) is 26.2 Å². The van der Waals surface area contributed by atoms with Gasteiger partial charge in [-0.05, 0) is 50.8 Å². The number of benzene rings is 2. The molecule has 162 valence electrons. The van der Waals surface area contributed by atoms with E-state index < -0.39 is 10.0 Å². The smallest absolute Gasteiger partial charge is 0.317 e. The molecule has 0 saturated carbocycles. The van der Waals surface area contributed by atoms with Crippen molar-refractivity contribution in [3.8, 4) is 0 Å². The fourth-order valence-corrected chi connectivity index (χ4v) is 5.39. The van der Waals surface area contributed by atoms with Crippen LogP contribution in [0.1, 0.15) is 30.0 Å². The lowest BCUT2D eigenvalue weighted by molar-refractivity contribution is 0.169. The summed E-state index contributed by atoms with van der Waals surface area (Å²) >= 11 is 0. The molecule has 6 nitrogen and oxygen atoms in total. The summed E-state index contributed by atoms with van der Waals surface area (Å²) in [7, 11) is -3.55. The summed E-state index contributed by atoms with van der Waals surface area (Å²) in [6, 6.07) is 15.5. The predicted octanol–water partition coefficient (Wildman–Crippen LogP) is 3.34. The van der Waals surface area contributed by atoms with Crippen LogP contribution in [0.15, 0.2) is 53.4 Å². The molecule has 0 radical (unpaired) electrons. The fourth-order valence-electron chi connectivity index (χ4n) is 3.76. The van der Waals surface area contributed by atoms with Crippen LogP contribution in [0.4, 0.5) is 4.79 Å². The van der Waals surface area contributed by atoms with Gasteiger partial charge in [-0.2, -0.15) is 4.31 Å². The third-order valence-electron chi connectivity index (χ3n) is 5.55. The number of hydrogen-bond donors (Lipinski definition) is 1. The normalized spacial score (nSPS) is 16.3. The van der Waals surface area contributed by atoms with Gasteiger partial charge in [0.25, 0.3) is 0 Å². The van der Waals surface area contributed by atoms with Gasteiger partial charge >= 0.3 is 6.03 Å². The molecule has 1 heterocycles. The van der Waals surface area contributed by atoms with Crippen molar-refractivity contribution in [1.29, 1.82) is 0 Å². The summed E-state index contributed by atoms with van der Waals surface area (Å²) in [6.07, 6.45) is 1.76. The molecule has 0 unspecified atom stereocenters. The number of amides is 2. The van der Waals surface area contributed by atoms with Gasteiger partial charge in [0.1, 0.15) is 0 Å². The Morgan fingerprint density at radius 3 is 2.33 bits per heavy atom. The summed E-state index contributed by atoms with van der Waals surface area (Å²) in [5.74, 6) is 0. The van der Waals surface area contributed by atoms with Gasteiger partial charge < -0.3 is 10.2 Å². The first-order chi connectivity index (χ1) is 14.3. The molecule has 1 aliphatic rings. The van der Waals surface area contributed by atoms with Crippen LogP contribution in [0.25, 0.3) is 0 Å². The highest BCUT2D eigenvalue weighted by molar-refractivity contribution is 7.89. The van der Waals surface area contributed by atoms with Crippen molar-refractivity contribution in [1.82, 2.24) is 14.5 Å². The number of aryl methyl sites for hydroxylation is 3. The van der Waals surface area contributed by atoms with Crippen LogP contribution in [-0.2, 0) is 16.4 Å². The first-order valence-electron chi connectivity index (χ1n) is 10.4. The van der Waals surface area contributed by atoms with Crippen molar-refractivity contribution in [2.24, 2.45) is 0 Å². The maximum atomic E-state index is 13.0. The molecule has 0 bridgehead atoms. The van der Waals surface area contributed by atoms with E-state index in [0.29, 0.717) is 31.1 Å². The van der Waals surface area contributed by atoms with Gasteiger partial charge in [-0.25, -0.2) is 13.2 Å². The second-order valence-electron chi connectivity index (χ2n) is 8.03. The molecule has 3 rings (SSSR count). The van der Waals surface area contributed by atoms with Crippen LogP contribution < -0.4 is 5.32 Å². The van der Waals surface area contributed by atoms with E-state index >= 15 is 0 Å². The summed E-state index contributed by atoms with van der Waals surface area (Å²) in [4.78, 5) is 14.6. The lowest BCUT2D eigenvalue weighted by atomic mass is 10.1. The lowest BCUT2D eigenvalue weighted by Crippen LogP contribution is -2.54. The number of urea groups is 1. The molecule has 0 aliphatic carbocycles. The van der Waals surface area contributed by atoms with E-state index in [1.54, 1.807) is 11.0 Å². The molecule has 30 heavy (non-hydrogen) atoms. The van der Waals surface area contributed by atoms with Gasteiger partial charge in [-0.1, -0.05) is 48.0 Å². The van der Waals surface area contributed by atoms with Gasteiger partial charge in [0.15, 0.2) is 0 Å². The Morgan fingerprint density at radius 2 is 1.70 bits per heavy atom. The molecule has 1 aliphatic heterocycles. The molecule has 1 saturated heterocycles. The van der Waals surface area contributed by atoms with E-state index in [1.807, 2.05) is 51.1 Å².